The number of anilines is 1. The van der Waals surface area contributed by atoms with Crippen LogP contribution in [-0.2, 0) is 4.79 Å². The zero-order valence-corrected chi connectivity index (χ0v) is 12.9. The summed E-state index contributed by atoms with van der Waals surface area (Å²) in [5.41, 5.74) is -3.18. The minimum atomic E-state index is -4.88. The molecule has 8 heteroatoms. The Hall–Kier alpha value is -2.27. The average Bonchev–Trinajstić information content (AvgIpc) is 2.49. The molecule has 1 aromatic rings. The monoisotopic (exact) mass is 330 g/mol. The van der Waals surface area contributed by atoms with E-state index in [1.807, 2.05) is 6.92 Å². The standard InChI is InChI=1S/C15H17F3N2O3/c1-4-9-23-12-6-5-11(19-13(12)20(3)10-21)7-8-14(2,22)15(16,17)18/h5-6,10,22H,4,9H2,1-3H3. The van der Waals surface area contributed by atoms with Gasteiger partial charge >= 0.3 is 6.18 Å². The van der Waals surface area contributed by atoms with E-state index in [1.54, 1.807) is 5.92 Å². The van der Waals surface area contributed by atoms with Gasteiger partial charge in [-0.3, -0.25) is 9.69 Å². The molecule has 0 aliphatic rings. The number of pyridine rings is 1. The van der Waals surface area contributed by atoms with Crippen LogP contribution in [0.4, 0.5) is 19.0 Å². The predicted molar refractivity (Wildman–Crippen MR) is 78.0 cm³/mol. The van der Waals surface area contributed by atoms with Gasteiger partial charge in [-0.2, -0.15) is 13.2 Å². The normalized spacial score (nSPS) is 13.5. The number of aromatic nitrogens is 1. The molecule has 1 N–H and O–H groups in total. The van der Waals surface area contributed by atoms with Gasteiger partial charge in [-0.25, -0.2) is 4.98 Å². The van der Waals surface area contributed by atoms with Gasteiger partial charge in [0.2, 0.25) is 12.0 Å². The number of rotatable bonds is 5. The maximum absolute atomic E-state index is 12.6. The molecule has 0 saturated carbocycles. The van der Waals surface area contributed by atoms with Crippen LogP contribution >= 0.6 is 0 Å². The van der Waals surface area contributed by atoms with E-state index < -0.39 is 11.8 Å². The molecule has 0 spiro atoms. The van der Waals surface area contributed by atoms with E-state index >= 15 is 0 Å². The third-order valence-corrected chi connectivity index (χ3v) is 2.78. The maximum atomic E-state index is 12.6. The van der Waals surface area contributed by atoms with Crippen molar-refractivity contribution in [1.82, 2.24) is 4.98 Å². The number of aliphatic hydroxyl groups is 1. The molecule has 126 valence electrons. The van der Waals surface area contributed by atoms with Gasteiger partial charge in [-0.1, -0.05) is 12.8 Å². The number of nitrogens with zero attached hydrogens (tertiary/aromatic N) is 2. The van der Waals surface area contributed by atoms with Gasteiger partial charge in [0.05, 0.1) is 6.61 Å². The summed E-state index contributed by atoms with van der Waals surface area (Å²) >= 11 is 0. The lowest BCUT2D eigenvalue weighted by atomic mass is 10.1. The molecule has 1 heterocycles. The fourth-order valence-electron chi connectivity index (χ4n) is 1.39. The lowest BCUT2D eigenvalue weighted by Crippen LogP contribution is -2.40. The van der Waals surface area contributed by atoms with Gasteiger partial charge in [0.15, 0.2) is 11.6 Å². The molecule has 23 heavy (non-hydrogen) atoms. The molecular formula is C15H17F3N2O3. The molecular weight excluding hydrogens is 313 g/mol. The van der Waals surface area contributed by atoms with Crippen molar-refractivity contribution in [2.75, 3.05) is 18.6 Å². The summed E-state index contributed by atoms with van der Waals surface area (Å²) in [6.45, 7) is 2.85. The van der Waals surface area contributed by atoms with Crippen LogP contribution in [0.5, 0.6) is 5.75 Å². The van der Waals surface area contributed by atoms with Gasteiger partial charge in [0.1, 0.15) is 5.69 Å². The second kappa shape index (κ2) is 7.33. The van der Waals surface area contributed by atoms with Gasteiger partial charge in [-0.15, -0.1) is 0 Å². The first-order chi connectivity index (χ1) is 10.6. The van der Waals surface area contributed by atoms with E-state index in [-0.39, 0.29) is 11.5 Å². The fourth-order valence-corrected chi connectivity index (χ4v) is 1.39. The predicted octanol–water partition coefficient (Wildman–Crippen LogP) is 2.13. The third kappa shape index (κ3) is 4.86. The van der Waals surface area contributed by atoms with E-state index in [2.05, 4.69) is 10.9 Å². The number of carbonyl (C=O) groups excluding carboxylic acids is 1. The van der Waals surface area contributed by atoms with Gasteiger partial charge in [0, 0.05) is 7.05 Å². The number of ether oxygens (including phenoxy) is 1. The van der Waals surface area contributed by atoms with Crippen LogP contribution in [0.1, 0.15) is 26.0 Å². The van der Waals surface area contributed by atoms with Crippen LogP contribution in [0, 0.1) is 11.8 Å². The first-order valence-corrected chi connectivity index (χ1v) is 6.76. The van der Waals surface area contributed by atoms with Crippen LogP contribution in [0.25, 0.3) is 0 Å². The van der Waals surface area contributed by atoms with E-state index in [0.29, 0.717) is 25.7 Å². The van der Waals surface area contributed by atoms with Crippen LogP contribution in [0.3, 0.4) is 0 Å². The Balaban J connectivity index is 3.19. The molecule has 1 rings (SSSR count). The van der Waals surface area contributed by atoms with Crippen LogP contribution in [0.15, 0.2) is 12.1 Å². The number of halogens is 3. The lowest BCUT2D eigenvalue weighted by molar-refractivity contribution is -0.228. The Bertz CT molecular complexity index is 619. The van der Waals surface area contributed by atoms with Gasteiger partial charge in [-0.05, 0) is 31.4 Å². The molecule has 0 saturated heterocycles. The maximum Gasteiger partial charge on any atom is 0.428 e. The molecule has 1 aromatic heterocycles. The highest BCUT2D eigenvalue weighted by Gasteiger charge is 2.49. The Morgan fingerprint density at radius 1 is 1.43 bits per heavy atom. The van der Waals surface area contributed by atoms with Crippen molar-refractivity contribution in [1.29, 1.82) is 0 Å². The van der Waals surface area contributed by atoms with Crippen molar-refractivity contribution in [3.8, 4) is 17.6 Å². The summed E-state index contributed by atoms with van der Waals surface area (Å²) < 4.78 is 43.1. The van der Waals surface area contributed by atoms with E-state index in [0.717, 1.165) is 11.3 Å². The van der Waals surface area contributed by atoms with Gasteiger partial charge < -0.3 is 9.84 Å². The quantitative estimate of drug-likeness (QED) is 0.664. The summed E-state index contributed by atoms with van der Waals surface area (Å²) in [7, 11) is 1.43. The van der Waals surface area contributed by atoms with Crippen molar-refractivity contribution in [3.63, 3.8) is 0 Å². The largest absolute Gasteiger partial charge is 0.490 e. The first kappa shape index (κ1) is 18.8. The molecule has 0 fully saturated rings. The second-order valence-electron chi connectivity index (χ2n) is 4.90. The van der Waals surface area contributed by atoms with E-state index in [1.165, 1.54) is 19.2 Å². The number of hydrogen-bond donors (Lipinski definition) is 1. The minimum Gasteiger partial charge on any atom is -0.490 e. The average molecular weight is 330 g/mol. The summed E-state index contributed by atoms with van der Waals surface area (Å²) in [5, 5.41) is 9.29. The zero-order valence-electron chi connectivity index (χ0n) is 12.9. The Morgan fingerprint density at radius 2 is 2.09 bits per heavy atom. The topological polar surface area (TPSA) is 62.7 Å². The number of alkyl halides is 3. The van der Waals surface area contributed by atoms with Crippen LogP contribution < -0.4 is 9.64 Å². The molecule has 1 atom stereocenters. The van der Waals surface area contributed by atoms with Crippen molar-refractivity contribution < 1.29 is 27.8 Å². The summed E-state index contributed by atoms with van der Waals surface area (Å²) in [5.74, 6) is 4.34. The van der Waals surface area contributed by atoms with Crippen molar-refractivity contribution in [3.05, 3.63) is 17.8 Å². The molecule has 1 amide bonds. The number of carbonyl (C=O) groups is 1. The lowest BCUT2D eigenvalue weighted by Gasteiger charge is -2.19. The Kier molecular flexibility index (Phi) is 5.98. The SMILES string of the molecule is CCCOc1ccc(C#CC(C)(O)C(F)(F)F)nc1N(C)C=O. The molecule has 0 aliphatic carbocycles. The summed E-state index contributed by atoms with van der Waals surface area (Å²) in [6, 6.07) is 2.82. The molecule has 5 nitrogen and oxygen atoms in total. The van der Waals surface area contributed by atoms with Crippen molar-refractivity contribution in [2.24, 2.45) is 0 Å². The highest BCUT2D eigenvalue weighted by atomic mass is 19.4. The minimum absolute atomic E-state index is 0.0259. The zero-order chi connectivity index (χ0) is 17.7. The highest BCUT2D eigenvalue weighted by Crippen LogP contribution is 2.29. The van der Waals surface area contributed by atoms with E-state index in [9.17, 15) is 23.1 Å². The van der Waals surface area contributed by atoms with Crippen molar-refractivity contribution in [2.45, 2.75) is 32.0 Å². The summed E-state index contributed by atoms with van der Waals surface area (Å²) in [6.07, 6.45) is -3.66. The van der Waals surface area contributed by atoms with E-state index in [4.69, 9.17) is 4.74 Å². The van der Waals surface area contributed by atoms with Gasteiger partial charge in [0.25, 0.3) is 0 Å². The molecule has 0 radical (unpaired) electrons. The van der Waals surface area contributed by atoms with Crippen LogP contribution in [0.2, 0.25) is 0 Å². The second-order valence-corrected chi connectivity index (χ2v) is 4.90. The number of hydrogen-bond acceptors (Lipinski definition) is 4. The third-order valence-electron chi connectivity index (χ3n) is 2.78. The van der Waals surface area contributed by atoms with Crippen molar-refractivity contribution >= 4 is 12.2 Å². The molecule has 0 aliphatic heterocycles. The molecule has 0 aromatic carbocycles. The summed E-state index contributed by atoms with van der Waals surface area (Å²) in [4.78, 5) is 16.0. The first-order valence-electron chi connectivity index (χ1n) is 6.76. The van der Waals surface area contributed by atoms with Crippen LogP contribution in [-0.4, -0.2) is 41.9 Å². The highest BCUT2D eigenvalue weighted by molar-refractivity contribution is 5.75. The smallest absolute Gasteiger partial charge is 0.428 e. The molecule has 0 bridgehead atoms. The molecule has 1 unspecified atom stereocenters. The number of amides is 1. The Morgan fingerprint density at radius 3 is 2.61 bits per heavy atom. The Labute approximate surface area is 132 Å². The fraction of sp³-hybridized carbons (Fsp3) is 0.467.